The predicted molar refractivity (Wildman–Crippen MR) is 73.4 cm³/mol. The van der Waals surface area contributed by atoms with Gasteiger partial charge in [-0.3, -0.25) is 4.90 Å². The van der Waals surface area contributed by atoms with Crippen molar-refractivity contribution in [2.24, 2.45) is 11.7 Å². The van der Waals surface area contributed by atoms with Crippen molar-refractivity contribution in [1.29, 1.82) is 0 Å². The van der Waals surface area contributed by atoms with Crippen LogP contribution < -0.4 is 5.73 Å². The molecule has 0 spiro atoms. The average molecular weight is 250 g/mol. The van der Waals surface area contributed by atoms with E-state index in [-0.39, 0.29) is 0 Å². The van der Waals surface area contributed by atoms with Crippen LogP contribution in [0.4, 0.5) is 0 Å². The van der Waals surface area contributed by atoms with E-state index in [1.165, 1.54) is 41.1 Å². The molecular weight excluding hydrogens is 228 g/mol. The first kappa shape index (κ1) is 11.7. The van der Waals surface area contributed by atoms with Gasteiger partial charge in [0.1, 0.15) is 0 Å². The van der Waals surface area contributed by atoms with Crippen LogP contribution in [0.3, 0.4) is 0 Å². The molecule has 0 amide bonds. The molecule has 1 aromatic rings. The second-order valence-electron chi connectivity index (χ2n) is 5.65. The Labute approximate surface area is 108 Å². The lowest BCUT2D eigenvalue weighted by atomic mass is 10.0. The number of likely N-dealkylation sites (tertiary alicyclic amines) is 1. The molecule has 2 fully saturated rings. The highest BCUT2D eigenvalue weighted by atomic mass is 32.1. The SMILES string of the molecule is Cc1cc(C(CN)N2CC3CCC2C3)c(C)s1. The minimum absolute atomic E-state index is 0.468. The van der Waals surface area contributed by atoms with Gasteiger partial charge in [-0.25, -0.2) is 0 Å². The summed E-state index contributed by atoms with van der Waals surface area (Å²) in [6, 6.07) is 3.63. The molecule has 3 atom stereocenters. The van der Waals surface area contributed by atoms with Gasteiger partial charge in [0, 0.05) is 34.9 Å². The molecule has 1 aromatic heterocycles. The van der Waals surface area contributed by atoms with E-state index in [1.54, 1.807) is 0 Å². The van der Waals surface area contributed by atoms with Crippen LogP contribution in [0, 0.1) is 19.8 Å². The topological polar surface area (TPSA) is 29.3 Å². The summed E-state index contributed by atoms with van der Waals surface area (Å²) in [5.41, 5.74) is 7.55. The van der Waals surface area contributed by atoms with E-state index < -0.39 is 0 Å². The Kier molecular flexibility index (Phi) is 3.01. The molecule has 2 heterocycles. The van der Waals surface area contributed by atoms with E-state index in [0.29, 0.717) is 6.04 Å². The van der Waals surface area contributed by atoms with Crippen molar-refractivity contribution in [2.75, 3.05) is 13.1 Å². The largest absolute Gasteiger partial charge is 0.329 e. The molecule has 0 aromatic carbocycles. The van der Waals surface area contributed by atoms with E-state index in [0.717, 1.165) is 18.5 Å². The van der Waals surface area contributed by atoms with Crippen LogP contribution in [0.5, 0.6) is 0 Å². The van der Waals surface area contributed by atoms with Crippen LogP contribution in [0.1, 0.15) is 40.6 Å². The van der Waals surface area contributed by atoms with Crippen molar-refractivity contribution in [1.82, 2.24) is 4.90 Å². The first-order valence-corrected chi connectivity index (χ1v) is 7.53. The zero-order valence-electron chi connectivity index (χ0n) is 10.8. The van der Waals surface area contributed by atoms with Gasteiger partial charge in [-0.2, -0.15) is 0 Å². The minimum atomic E-state index is 0.468. The van der Waals surface area contributed by atoms with Crippen LogP contribution in [-0.4, -0.2) is 24.0 Å². The van der Waals surface area contributed by atoms with Gasteiger partial charge in [-0.1, -0.05) is 0 Å². The number of hydrogen-bond acceptors (Lipinski definition) is 3. The number of fused-ring (bicyclic) bond motifs is 2. The number of nitrogens with zero attached hydrogens (tertiary/aromatic N) is 1. The maximum Gasteiger partial charge on any atom is 0.0484 e. The molecule has 1 saturated heterocycles. The van der Waals surface area contributed by atoms with Crippen molar-refractivity contribution < 1.29 is 0 Å². The van der Waals surface area contributed by atoms with Crippen LogP contribution in [-0.2, 0) is 0 Å². The maximum atomic E-state index is 6.06. The number of piperidine rings is 1. The third kappa shape index (κ3) is 1.94. The van der Waals surface area contributed by atoms with E-state index in [4.69, 9.17) is 5.73 Å². The summed E-state index contributed by atoms with van der Waals surface area (Å²) in [5.74, 6) is 0.953. The lowest BCUT2D eigenvalue weighted by Crippen LogP contribution is -2.39. The second kappa shape index (κ2) is 4.38. The van der Waals surface area contributed by atoms with E-state index in [1.807, 2.05) is 11.3 Å². The van der Waals surface area contributed by atoms with Crippen LogP contribution in [0.15, 0.2) is 6.07 Å². The normalized spacial score (nSPS) is 30.1. The van der Waals surface area contributed by atoms with Crippen molar-refractivity contribution in [3.05, 3.63) is 21.4 Å². The maximum absolute atomic E-state index is 6.06. The fourth-order valence-corrected chi connectivity index (χ4v) is 4.75. The van der Waals surface area contributed by atoms with Crippen LogP contribution in [0.25, 0.3) is 0 Å². The summed E-state index contributed by atoms with van der Waals surface area (Å²) in [6.07, 6.45) is 4.25. The fourth-order valence-electron chi connectivity index (χ4n) is 3.77. The standard InChI is InChI=1S/C14H22N2S/c1-9-5-13(10(2)17-9)14(7-15)16-8-11-3-4-12(16)6-11/h5,11-12,14H,3-4,6-8,15H2,1-2H3. The molecule has 1 aliphatic heterocycles. The number of rotatable bonds is 3. The third-order valence-electron chi connectivity index (χ3n) is 4.51. The number of thiophene rings is 1. The van der Waals surface area contributed by atoms with Gasteiger partial charge in [-0.05, 0) is 50.7 Å². The number of nitrogens with two attached hydrogens (primary N) is 1. The lowest BCUT2D eigenvalue weighted by molar-refractivity contribution is 0.153. The van der Waals surface area contributed by atoms with Crippen molar-refractivity contribution in [3.63, 3.8) is 0 Å². The Balaban J connectivity index is 1.86. The quantitative estimate of drug-likeness (QED) is 0.894. The number of hydrogen-bond donors (Lipinski definition) is 1. The van der Waals surface area contributed by atoms with Gasteiger partial charge in [0.2, 0.25) is 0 Å². The summed E-state index contributed by atoms with van der Waals surface area (Å²) in [7, 11) is 0. The van der Waals surface area contributed by atoms with Crippen molar-refractivity contribution in [3.8, 4) is 0 Å². The molecule has 0 radical (unpaired) electrons. The molecule has 2 N–H and O–H groups in total. The summed E-state index contributed by atoms with van der Waals surface area (Å²) in [4.78, 5) is 5.56. The zero-order chi connectivity index (χ0) is 12.0. The molecule has 3 heteroatoms. The van der Waals surface area contributed by atoms with Crippen molar-refractivity contribution >= 4 is 11.3 Å². The van der Waals surface area contributed by atoms with Gasteiger partial charge < -0.3 is 5.73 Å². The highest BCUT2D eigenvalue weighted by molar-refractivity contribution is 7.12. The minimum Gasteiger partial charge on any atom is -0.329 e. The Morgan fingerprint density at radius 3 is 2.76 bits per heavy atom. The zero-order valence-corrected chi connectivity index (χ0v) is 11.6. The first-order chi connectivity index (χ1) is 8.19. The van der Waals surface area contributed by atoms with Gasteiger partial charge in [0.15, 0.2) is 0 Å². The molecule has 3 rings (SSSR count). The van der Waals surface area contributed by atoms with Gasteiger partial charge in [0.25, 0.3) is 0 Å². The summed E-state index contributed by atoms with van der Waals surface area (Å²) in [5, 5.41) is 0. The molecule has 1 saturated carbocycles. The fraction of sp³-hybridized carbons (Fsp3) is 0.714. The Morgan fingerprint density at radius 1 is 1.47 bits per heavy atom. The summed E-state index contributed by atoms with van der Waals surface area (Å²) >= 11 is 1.91. The molecule has 2 aliphatic rings. The smallest absolute Gasteiger partial charge is 0.0484 e. The molecule has 94 valence electrons. The molecule has 17 heavy (non-hydrogen) atoms. The third-order valence-corrected chi connectivity index (χ3v) is 5.50. The molecule has 2 nitrogen and oxygen atoms in total. The summed E-state index contributed by atoms with van der Waals surface area (Å²) in [6.45, 7) is 6.48. The Morgan fingerprint density at radius 2 is 2.29 bits per heavy atom. The Bertz CT molecular complexity index is 412. The van der Waals surface area contributed by atoms with Crippen LogP contribution >= 0.6 is 11.3 Å². The van der Waals surface area contributed by atoms with E-state index in [9.17, 15) is 0 Å². The van der Waals surface area contributed by atoms with E-state index >= 15 is 0 Å². The lowest BCUT2D eigenvalue weighted by Gasteiger charge is -2.34. The molecular formula is C14H22N2S. The molecule has 2 bridgehead atoms. The average Bonchev–Trinajstić information content (AvgIpc) is 2.96. The van der Waals surface area contributed by atoms with E-state index in [2.05, 4.69) is 24.8 Å². The van der Waals surface area contributed by atoms with Gasteiger partial charge in [-0.15, -0.1) is 11.3 Å². The predicted octanol–water partition coefficient (Wildman–Crippen LogP) is 2.85. The molecule has 3 unspecified atom stereocenters. The highest BCUT2D eigenvalue weighted by Gasteiger charge is 2.41. The van der Waals surface area contributed by atoms with Gasteiger partial charge >= 0.3 is 0 Å². The van der Waals surface area contributed by atoms with Crippen LogP contribution in [0.2, 0.25) is 0 Å². The monoisotopic (exact) mass is 250 g/mol. The second-order valence-corrected chi connectivity index (χ2v) is 7.11. The molecule has 1 aliphatic carbocycles. The Hall–Kier alpha value is -0.380. The van der Waals surface area contributed by atoms with Gasteiger partial charge in [0.05, 0.1) is 0 Å². The number of aryl methyl sites for hydroxylation is 2. The highest BCUT2D eigenvalue weighted by Crippen LogP contribution is 2.43. The first-order valence-electron chi connectivity index (χ1n) is 6.71. The van der Waals surface area contributed by atoms with Crippen molar-refractivity contribution in [2.45, 2.75) is 45.2 Å². The summed E-state index contributed by atoms with van der Waals surface area (Å²) < 4.78 is 0.